The molecular weight excluding hydrogens is 344 g/mol. The molecule has 1 aromatic rings. The van der Waals surface area contributed by atoms with Crippen molar-refractivity contribution in [2.45, 2.75) is 38.6 Å². The minimum atomic E-state index is -1.63. The number of hydrogen-bond donors (Lipinski definition) is 4. The highest BCUT2D eigenvalue weighted by Gasteiger charge is 2.27. The van der Waals surface area contributed by atoms with Gasteiger partial charge in [-0.3, -0.25) is 10.1 Å². The third-order valence-electron chi connectivity index (χ3n) is 2.75. The van der Waals surface area contributed by atoms with Crippen molar-refractivity contribution in [3.63, 3.8) is 0 Å². The Hall–Kier alpha value is -2.17. The van der Waals surface area contributed by atoms with Gasteiger partial charge in [0.1, 0.15) is 23.0 Å². The van der Waals surface area contributed by atoms with E-state index in [0.717, 1.165) is 6.07 Å². The van der Waals surface area contributed by atoms with Crippen LogP contribution in [0.1, 0.15) is 32.4 Å². The van der Waals surface area contributed by atoms with Gasteiger partial charge in [0.2, 0.25) is 5.82 Å². The van der Waals surface area contributed by atoms with E-state index in [4.69, 9.17) is 22.1 Å². The first-order chi connectivity index (χ1) is 10.9. The van der Waals surface area contributed by atoms with E-state index in [2.05, 4.69) is 10.3 Å². The summed E-state index contributed by atoms with van der Waals surface area (Å²) in [4.78, 5) is 25.1. The number of nitrogens with two attached hydrogens (primary N) is 1. The quantitative estimate of drug-likeness (QED) is 0.344. The van der Waals surface area contributed by atoms with Crippen molar-refractivity contribution in [2.24, 2.45) is 0 Å². The van der Waals surface area contributed by atoms with Crippen LogP contribution in [0.4, 0.5) is 16.3 Å². The molecular formula is C13H19ClN4O6. The van der Waals surface area contributed by atoms with Gasteiger partial charge in [-0.1, -0.05) is 11.6 Å². The van der Waals surface area contributed by atoms with Crippen LogP contribution in [-0.4, -0.2) is 44.5 Å². The highest BCUT2D eigenvalue weighted by molar-refractivity contribution is 6.30. The van der Waals surface area contributed by atoms with Gasteiger partial charge in [0.15, 0.2) is 0 Å². The standard InChI is InChI=1S/C13H19ClN4O6/c1-13(2,3)24-12(21)16-5-8(19)9(20)6-4-7(18(22)23)11(15)17-10(6)14/h4,8-9,19-20H,5H2,1-3H3,(H2,15,17)(H,16,21). The number of nitrogens with one attached hydrogen (secondary N) is 1. The van der Waals surface area contributed by atoms with Crippen LogP contribution in [0, 0.1) is 10.1 Å². The number of amides is 1. The lowest BCUT2D eigenvalue weighted by Gasteiger charge is -2.22. The SMILES string of the molecule is CC(C)(C)OC(=O)NCC(O)C(O)c1cc([N+](=O)[O-])c(N)nc1Cl. The van der Waals surface area contributed by atoms with Crippen molar-refractivity contribution in [1.29, 1.82) is 0 Å². The normalized spacial score (nSPS) is 13.9. The Kier molecular flexibility index (Phi) is 6.29. The van der Waals surface area contributed by atoms with E-state index in [-0.39, 0.29) is 17.3 Å². The van der Waals surface area contributed by atoms with Gasteiger partial charge in [-0.15, -0.1) is 0 Å². The van der Waals surface area contributed by atoms with Gasteiger partial charge in [0.25, 0.3) is 0 Å². The number of anilines is 1. The molecule has 0 radical (unpaired) electrons. The van der Waals surface area contributed by atoms with Crippen LogP contribution >= 0.6 is 11.6 Å². The molecule has 0 aromatic carbocycles. The maximum atomic E-state index is 11.5. The van der Waals surface area contributed by atoms with Crippen molar-refractivity contribution >= 4 is 29.2 Å². The number of carbonyl (C=O) groups is 1. The second kappa shape index (κ2) is 7.60. The van der Waals surface area contributed by atoms with Crippen LogP contribution < -0.4 is 11.1 Å². The fourth-order valence-electron chi connectivity index (χ4n) is 1.68. The van der Waals surface area contributed by atoms with E-state index in [1.807, 2.05) is 0 Å². The number of nitrogens with zero attached hydrogens (tertiary/aromatic N) is 2. The Morgan fingerprint density at radius 3 is 2.62 bits per heavy atom. The predicted molar refractivity (Wildman–Crippen MR) is 85.5 cm³/mol. The van der Waals surface area contributed by atoms with Gasteiger partial charge >= 0.3 is 11.8 Å². The highest BCUT2D eigenvalue weighted by Crippen LogP contribution is 2.30. The summed E-state index contributed by atoms with van der Waals surface area (Å²) in [6, 6.07) is 0.923. The molecule has 134 valence electrons. The molecule has 0 aliphatic rings. The third-order valence-corrected chi connectivity index (χ3v) is 3.05. The molecule has 11 heteroatoms. The first-order valence-electron chi connectivity index (χ1n) is 6.85. The molecule has 5 N–H and O–H groups in total. The van der Waals surface area contributed by atoms with Gasteiger partial charge in [-0.2, -0.15) is 0 Å². The van der Waals surface area contributed by atoms with E-state index >= 15 is 0 Å². The Morgan fingerprint density at radius 1 is 1.54 bits per heavy atom. The summed E-state index contributed by atoms with van der Waals surface area (Å²) in [7, 11) is 0. The van der Waals surface area contributed by atoms with Crippen molar-refractivity contribution in [2.75, 3.05) is 12.3 Å². The van der Waals surface area contributed by atoms with Gasteiger partial charge < -0.3 is 26.0 Å². The summed E-state index contributed by atoms with van der Waals surface area (Å²) in [5.74, 6) is -0.415. The molecule has 0 fully saturated rings. The number of halogens is 1. The van der Waals surface area contributed by atoms with Crippen LogP contribution in [0.15, 0.2) is 6.07 Å². The molecule has 1 heterocycles. The van der Waals surface area contributed by atoms with Crippen LogP contribution in [-0.2, 0) is 4.74 Å². The maximum Gasteiger partial charge on any atom is 0.407 e. The van der Waals surface area contributed by atoms with Crippen LogP contribution in [0.25, 0.3) is 0 Å². The molecule has 0 spiro atoms. The summed E-state index contributed by atoms with van der Waals surface area (Å²) < 4.78 is 4.98. The summed E-state index contributed by atoms with van der Waals surface area (Å²) in [5.41, 5.74) is 3.91. The van der Waals surface area contributed by atoms with Crippen LogP contribution in [0.3, 0.4) is 0 Å². The van der Waals surface area contributed by atoms with Gasteiger partial charge in [0, 0.05) is 18.2 Å². The number of aliphatic hydroxyl groups excluding tert-OH is 2. The number of aliphatic hydroxyl groups is 2. The maximum absolute atomic E-state index is 11.5. The molecule has 1 rings (SSSR count). The molecule has 10 nitrogen and oxygen atoms in total. The number of pyridine rings is 1. The van der Waals surface area contributed by atoms with Crippen LogP contribution in [0.5, 0.6) is 0 Å². The lowest BCUT2D eigenvalue weighted by molar-refractivity contribution is -0.384. The second-order valence-electron chi connectivity index (χ2n) is 5.92. The predicted octanol–water partition coefficient (Wildman–Crippen LogP) is 1.14. The monoisotopic (exact) mass is 362 g/mol. The van der Waals surface area contributed by atoms with Gasteiger partial charge in [-0.05, 0) is 20.8 Å². The molecule has 0 saturated heterocycles. The lowest BCUT2D eigenvalue weighted by atomic mass is 10.1. The zero-order valence-corrected chi connectivity index (χ0v) is 14.1. The Morgan fingerprint density at radius 2 is 2.12 bits per heavy atom. The van der Waals surface area contributed by atoms with Crippen molar-refractivity contribution in [3.05, 3.63) is 26.9 Å². The van der Waals surface area contributed by atoms with E-state index < -0.39 is 40.3 Å². The third kappa shape index (κ3) is 5.48. The smallest absolute Gasteiger partial charge is 0.407 e. The molecule has 24 heavy (non-hydrogen) atoms. The summed E-state index contributed by atoms with van der Waals surface area (Å²) in [6.45, 7) is 4.62. The first kappa shape index (κ1) is 19.9. The zero-order valence-electron chi connectivity index (χ0n) is 13.3. The molecule has 0 aliphatic heterocycles. The van der Waals surface area contributed by atoms with Crippen molar-refractivity contribution in [3.8, 4) is 0 Å². The molecule has 2 unspecified atom stereocenters. The Bertz CT molecular complexity index is 634. The minimum Gasteiger partial charge on any atom is -0.444 e. The number of hydrogen-bond acceptors (Lipinski definition) is 8. The zero-order chi connectivity index (χ0) is 18.7. The van der Waals surface area contributed by atoms with Crippen molar-refractivity contribution < 1.29 is 24.7 Å². The number of aromatic nitrogens is 1. The molecule has 2 atom stereocenters. The van der Waals surface area contributed by atoms with E-state index in [1.165, 1.54) is 0 Å². The van der Waals surface area contributed by atoms with Gasteiger partial charge in [0.05, 0.1) is 4.92 Å². The number of carbonyl (C=O) groups excluding carboxylic acids is 1. The van der Waals surface area contributed by atoms with E-state index in [1.54, 1.807) is 20.8 Å². The number of alkyl carbamates (subject to hydrolysis) is 1. The average molecular weight is 363 g/mol. The Balaban J connectivity index is 2.82. The minimum absolute atomic E-state index is 0.184. The lowest BCUT2D eigenvalue weighted by Crippen LogP contribution is -2.39. The largest absolute Gasteiger partial charge is 0.444 e. The first-order valence-corrected chi connectivity index (χ1v) is 7.23. The molecule has 0 aliphatic carbocycles. The topological polar surface area (TPSA) is 161 Å². The summed E-state index contributed by atoms with van der Waals surface area (Å²) in [6.07, 6.45) is -3.92. The second-order valence-corrected chi connectivity index (χ2v) is 6.28. The molecule has 0 bridgehead atoms. The molecule has 1 amide bonds. The van der Waals surface area contributed by atoms with E-state index in [0.29, 0.717) is 0 Å². The number of ether oxygens (including phenoxy) is 1. The van der Waals surface area contributed by atoms with E-state index in [9.17, 15) is 25.1 Å². The molecule has 0 saturated carbocycles. The van der Waals surface area contributed by atoms with Crippen molar-refractivity contribution in [1.82, 2.24) is 10.3 Å². The number of nitro groups is 1. The average Bonchev–Trinajstić information content (AvgIpc) is 2.41. The molecule has 1 aromatic heterocycles. The van der Waals surface area contributed by atoms with Crippen LogP contribution in [0.2, 0.25) is 5.15 Å². The summed E-state index contributed by atoms with van der Waals surface area (Å²) >= 11 is 5.80. The highest BCUT2D eigenvalue weighted by atomic mass is 35.5. The fraction of sp³-hybridized carbons (Fsp3) is 0.538. The fourth-order valence-corrected chi connectivity index (χ4v) is 1.94. The van der Waals surface area contributed by atoms with Gasteiger partial charge in [-0.25, -0.2) is 9.78 Å². The summed E-state index contributed by atoms with van der Waals surface area (Å²) in [5, 5.41) is 32.8. The number of nitrogen functional groups attached to an aromatic ring is 1. The number of rotatable bonds is 5. The Labute approximate surface area is 142 Å².